The molecule has 0 fully saturated rings. The van der Waals surface area contributed by atoms with E-state index < -0.39 is 0 Å². The molecule has 5 heteroatoms. The van der Waals surface area contributed by atoms with Gasteiger partial charge in [-0.3, -0.25) is 9.69 Å². The standard InChI is InChI=1S/C21H26N2O3/c1-15(21(24)23-13-12-16-8-5-6-10-18(16)23)22(2)14-17-9-7-11-19(25-3)20(17)26-4/h5-11,15H,12-14H2,1-4H3. The van der Waals surface area contributed by atoms with Gasteiger partial charge in [0.1, 0.15) is 0 Å². The Bertz CT molecular complexity index is 791. The number of hydrogen-bond acceptors (Lipinski definition) is 4. The van der Waals surface area contributed by atoms with Gasteiger partial charge in [0.25, 0.3) is 0 Å². The summed E-state index contributed by atoms with van der Waals surface area (Å²) < 4.78 is 10.9. The quantitative estimate of drug-likeness (QED) is 0.799. The van der Waals surface area contributed by atoms with Crippen LogP contribution in [-0.2, 0) is 17.8 Å². The smallest absolute Gasteiger partial charge is 0.244 e. The fourth-order valence-corrected chi connectivity index (χ4v) is 3.47. The van der Waals surface area contributed by atoms with Crippen molar-refractivity contribution in [3.8, 4) is 11.5 Å². The molecule has 3 rings (SSSR count). The van der Waals surface area contributed by atoms with Crippen LogP contribution in [0.3, 0.4) is 0 Å². The van der Waals surface area contributed by atoms with Crippen LogP contribution in [0.1, 0.15) is 18.1 Å². The first kappa shape index (κ1) is 18.3. The third kappa shape index (κ3) is 3.40. The van der Waals surface area contributed by atoms with Gasteiger partial charge in [-0.05, 0) is 38.1 Å². The third-order valence-corrected chi connectivity index (χ3v) is 5.08. The lowest BCUT2D eigenvalue weighted by atomic mass is 10.1. The van der Waals surface area contributed by atoms with Gasteiger partial charge in [0.2, 0.25) is 5.91 Å². The highest BCUT2D eigenvalue weighted by Gasteiger charge is 2.30. The van der Waals surface area contributed by atoms with Crippen LogP contribution >= 0.6 is 0 Å². The predicted octanol–water partition coefficient (Wildman–Crippen LogP) is 3.11. The second-order valence-corrected chi connectivity index (χ2v) is 6.61. The summed E-state index contributed by atoms with van der Waals surface area (Å²) in [7, 11) is 5.23. The van der Waals surface area contributed by atoms with Crippen molar-refractivity contribution in [3.05, 3.63) is 53.6 Å². The van der Waals surface area contributed by atoms with Crippen LogP contribution in [0.2, 0.25) is 0 Å². The monoisotopic (exact) mass is 354 g/mol. The molecule has 5 nitrogen and oxygen atoms in total. The molecule has 0 N–H and O–H groups in total. The van der Waals surface area contributed by atoms with Crippen LogP contribution in [0.15, 0.2) is 42.5 Å². The number of benzene rings is 2. The number of methoxy groups -OCH3 is 2. The minimum absolute atomic E-state index is 0.124. The van der Waals surface area contributed by atoms with Crippen molar-refractivity contribution in [2.24, 2.45) is 0 Å². The second-order valence-electron chi connectivity index (χ2n) is 6.61. The SMILES string of the molecule is COc1cccc(CN(C)C(C)C(=O)N2CCc3ccccc32)c1OC. The van der Waals surface area contributed by atoms with Crippen LogP contribution in [0.5, 0.6) is 11.5 Å². The van der Waals surface area contributed by atoms with Crippen LogP contribution in [-0.4, -0.2) is 44.7 Å². The minimum atomic E-state index is -0.239. The van der Waals surface area contributed by atoms with E-state index in [0.29, 0.717) is 18.0 Å². The summed E-state index contributed by atoms with van der Waals surface area (Å²) in [6.07, 6.45) is 0.919. The van der Waals surface area contributed by atoms with Gasteiger partial charge in [-0.15, -0.1) is 0 Å². The van der Waals surface area contributed by atoms with Gasteiger partial charge in [-0.25, -0.2) is 0 Å². The molecule has 0 saturated carbocycles. The zero-order valence-electron chi connectivity index (χ0n) is 15.9. The molecule has 1 amide bonds. The van der Waals surface area contributed by atoms with Crippen molar-refractivity contribution in [1.82, 2.24) is 4.90 Å². The molecular formula is C21H26N2O3. The van der Waals surface area contributed by atoms with E-state index in [-0.39, 0.29) is 11.9 Å². The highest BCUT2D eigenvalue weighted by atomic mass is 16.5. The Morgan fingerprint density at radius 1 is 1.15 bits per heavy atom. The Morgan fingerprint density at radius 3 is 2.65 bits per heavy atom. The number of para-hydroxylation sites is 2. The molecule has 0 radical (unpaired) electrons. The highest BCUT2D eigenvalue weighted by Crippen LogP contribution is 2.32. The first-order valence-corrected chi connectivity index (χ1v) is 8.86. The summed E-state index contributed by atoms with van der Waals surface area (Å²) in [4.78, 5) is 17.0. The number of amides is 1. The summed E-state index contributed by atoms with van der Waals surface area (Å²) in [5, 5.41) is 0. The van der Waals surface area contributed by atoms with Crippen molar-refractivity contribution < 1.29 is 14.3 Å². The maximum atomic E-state index is 13.0. The van der Waals surface area contributed by atoms with Gasteiger partial charge >= 0.3 is 0 Å². The largest absolute Gasteiger partial charge is 0.493 e. The molecule has 0 saturated heterocycles. The molecule has 1 aliphatic rings. The fourth-order valence-electron chi connectivity index (χ4n) is 3.47. The van der Waals surface area contributed by atoms with Gasteiger partial charge in [0.05, 0.1) is 20.3 Å². The third-order valence-electron chi connectivity index (χ3n) is 5.08. The zero-order valence-corrected chi connectivity index (χ0v) is 15.9. The zero-order chi connectivity index (χ0) is 18.7. The van der Waals surface area contributed by atoms with Gasteiger partial charge in [0.15, 0.2) is 11.5 Å². The summed E-state index contributed by atoms with van der Waals surface area (Å²) in [6.45, 7) is 3.30. The summed E-state index contributed by atoms with van der Waals surface area (Å²) >= 11 is 0. The van der Waals surface area contributed by atoms with Gasteiger partial charge < -0.3 is 14.4 Å². The van der Waals surface area contributed by atoms with Crippen molar-refractivity contribution in [1.29, 1.82) is 0 Å². The molecule has 1 atom stereocenters. The van der Waals surface area contributed by atoms with E-state index in [9.17, 15) is 4.79 Å². The average molecular weight is 354 g/mol. The number of ether oxygens (including phenoxy) is 2. The number of hydrogen-bond donors (Lipinski definition) is 0. The lowest BCUT2D eigenvalue weighted by Crippen LogP contribution is -2.45. The normalized spacial score (nSPS) is 14.3. The van der Waals surface area contributed by atoms with Crippen molar-refractivity contribution in [3.63, 3.8) is 0 Å². The number of fused-ring (bicyclic) bond motifs is 1. The molecule has 2 aromatic carbocycles. The molecule has 1 unspecified atom stereocenters. The Morgan fingerprint density at radius 2 is 1.92 bits per heavy atom. The summed E-state index contributed by atoms with van der Waals surface area (Å²) in [5.41, 5.74) is 3.28. The Labute approximate surface area is 155 Å². The average Bonchev–Trinajstić information content (AvgIpc) is 3.10. The maximum absolute atomic E-state index is 13.0. The molecule has 26 heavy (non-hydrogen) atoms. The Hall–Kier alpha value is -2.53. The second kappa shape index (κ2) is 7.79. The van der Waals surface area contributed by atoms with Crippen LogP contribution < -0.4 is 14.4 Å². The number of carbonyl (C=O) groups excluding carboxylic acids is 1. The van der Waals surface area contributed by atoms with E-state index in [1.165, 1.54) is 5.56 Å². The van der Waals surface area contributed by atoms with E-state index in [1.54, 1.807) is 14.2 Å². The molecule has 2 aromatic rings. The van der Waals surface area contributed by atoms with E-state index in [4.69, 9.17) is 9.47 Å². The first-order valence-electron chi connectivity index (χ1n) is 8.86. The maximum Gasteiger partial charge on any atom is 0.244 e. The Balaban J connectivity index is 1.75. The van der Waals surface area contributed by atoms with Crippen molar-refractivity contribution in [2.45, 2.75) is 25.9 Å². The highest BCUT2D eigenvalue weighted by molar-refractivity contribution is 5.98. The van der Waals surface area contributed by atoms with Gasteiger partial charge in [-0.1, -0.05) is 30.3 Å². The number of anilines is 1. The molecule has 1 heterocycles. The Kier molecular flexibility index (Phi) is 5.47. The topological polar surface area (TPSA) is 42.0 Å². The molecule has 1 aliphatic heterocycles. The summed E-state index contributed by atoms with van der Waals surface area (Å²) in [6, 6.07) is 13.7. The predicted molar refractivity (Wildman–Crippen MR) is 103 cm³/mol. The molecule has 0 spiro atoms. The number of nitrogens with zero attached hydrogens (tertiary/aromatic N) is 2. The van der Waals surface area contributed by atoms with Crippen LogP contribution in [0.25, 0.3) is 0 Å². The lowest BCUT2D eigenvalue weighted by Gasteiger charge is -2.29. The van der Waals surface area contributed by atoms with E-state index in [1.807, 2.05) is 60.2 Å². The molecule has 138 valence electrons. The van der Waals surface area contributed by atoms with Gasteiger partial charge in [-0.2, -0.15) is 0 Å². The van der Waals surface area contributed by atoms with Crippen LogP contribution in [0.4, 0.5) is 5.69 Å². The van der Waals surface area contributed by atoms with E-state index in [0.717, 1.165) is 24.2 Å². The number of carbonyl (C=O) groups is 1. The molecule has 0 aromatic heterocycles. The molecule has 0 aliphatic carbocycles. The molecular weight excluding hydrogens is 328 g/mol. The lowest BCUT2D eigenvalue weighted by molar-refractivity contribution is -0.122. The number of rotatable bonds is 6. The minimum Gasteiger partial charge on any atom is -0.493 e. The van der Waals surface area contributed by atoms with Crippen molar-refractivity contribution >= 4 is 11.6 Å². The first-order chi connectivity index (χ1) is 12.6. The van der Waals surface area contributed by atoms with E-state index in [2.05, 4.69) is 6.07 Å². The molecule has 0 bridgehead atoms. The van der Waals surface area contributed by atoms with Crippen LogP contribution in [0, 0.1) is 0 Å². The van der Waals surface area contributed by atoms with E-state index >= 15 is 0 Å². The number of likely N-dealkylation sites (N-methyl/N-ethyl adjacent to an activating group) is 1. The summed E-state index contributed by atoms with van der Waals surface area (Å²) in [5.74, 6) is 1.54. The van der Waals surface area contributed by atoms with Gasteiger partial charge in [0, 0.05) is 24.3 Å². The van der Waals surface area contributed by atoms with Crippen molar-refractivity contribution in [2.75, 3.05) is 32.7 Å². The fraction of sp³-hybridized carbons (Fsp3) is 0.381.